The molecule has 0 spiro atoms. The molecule has 0 bridgehead atoms. The number of rotatable bonds is 4. The maximum atomic E-state index is 13.4. The van der Waals surface area contributed by atoms with Crippen LogP contribution in [0, 0.1) is 11.6 Å². The molecule has 1 atom stereocenters. The molecule has 2 saturated heterocycles. The number of halogens is 2. The number of carbonyl (C=O) groups excluding carboxylic acids is 1. The van der Waals surface area contributed by atoms with Gasteiger partial charge in [-0.1, -0.05) is 6.07 Å². The van der Waals surface area contributed by atoms with Crippen molar-refractivity contribution >= 4 is 11.6 Å². The number of carbonyl (C=O) groups is 1. The first kappa shape index (κ1) is 18.7. The molecule has 2 aliphatic heterocycles. The van der Waals surface area contributed by atoms with Crippen LogP contribution in [0.1, 0.15) is 12.0 Å². The molecule has 2 aromatic rings. The Bertz CT molecular complexity index is 851. The van der Waals surface area contributed by atoms with E-state index >= 15 is 0 Å². The Morgan fingerprint density at radius 1 is 0.929 bits per heavy atom. The van der Waals surface area contributed by atoms with E-state index in [9.17, 15) is 18.7 Å². The van der Waals surface area contributed by atoms with Crippen LogP contribution >= 0.6 is 0 Å². The van der Waals surface area contributed by atoms with Crippen LogP contribution in [0.15, 0.2) is 42.5 Å². The van der Waals surface area contributed by atoms with Gasteiger partial charge in [-0.2, -0.15) is 0 Å². The molecule has 7 heteroatoms. The number of aromatic hydroxyl groups is 1. The molecule has 0 aromatic heterocycles. The standard InChI is InChI=1S/C21H23F2N3O2/c22-18-6-1-15(13-19(18)23)14-26-8-7-20(21(26)28)25-11-9-24(10-12-25)16-2-4-17(27)5-3-16/h1-6,13,20,27H,7-12,14H2/t20-/m1/s1. The lowest BCUT2D eigenvalue weighted by molar-refractivity contribution is -0.132. The number of phenolic OH excluding ortho intramolecular Hbond substituents is 1. The van der Waals surface area contributed by atoms with E-state index in [0.717, 1.165) is 50.4 Å². The van der Waals surface area contributed by atoms with Crippen molar-refractivity contribution in [1.29, 1.82) is 0 Å². The van der Waals surface area contributed by atoms with Crippen molar-refractivity contribution < 1.29 is 18.7 Å². The largest absolute Gasteiger partial charge is 0.508 e. The second-order valence-electron chi connectivity index (χ2n) is 7.35. The lowest BCUT2D eigenvalue weighted by atomic mass is 10.1. The monoisotopic (exact) mass is 387 g/mol. The van der Waals surface area contributed by atoms with Gasteiger partial charge in [-0.15, -0.1) is 0 Å². The summed E-state index contributed by atoms with van der Waals surface area (Å²) in [4.78, 5) is 19.0. The van der Waals surface area contributed by atoms with Gasteiger partial charge in [-0.05, 0) is 48.4 Å². The molecule has 0 radical (unpaired) electrons. The first-order valence-corrected chi connectivity index (χ1v) is 9.52. The van der Waals surface area contributed by atoms with Crippen LogP contribution in [-0.2, 0) is 11.3 Å². The minimum absolute atomic E-state index is 0.0582. The summed E-state index contributed by atoms with van der Waals surface area (Å²) < 4.78 is 26.5. The fraction of sp³-hybridized carbons (Fsp3) is 0.381. The van der Waals surface area contributed by atoms with E-state index in [-0.39, 0.29) is 17.7 Å². The fourth-order valence-corrected chi connectivity index (χ4v) is 4.03. The Morgan fingerprint density at radius 2 is 1.64 bits per heavy atom. The SMILES string of the molecule is O=C1[C@H](N2CCN(c3ccc(O)cc3)CC2)CCN1Cc1ccc(F)c(F)c1. The summed E-state index contributed by atoms with van der Waals surface area (Å²) in [6, 6.07) is 10.8. The average molecular weight is 387 g/mol. The predicted molar refractivity (Wildman–Crippen MR) is 102 cm³/mol. The second kappa shape index (κ2) is 7.75. The smallest absolute Gasteiger partial charge is 0.240 e. The Balaban J connectivity index is 1.34. The zero-order valence-corrected chi connectivity index (χ0v) is 15.5. The van der Waals surface area contributed by atoms with Crippen LogP contribution in [0.3, 0.4) is 0 Å². The Labute approximate surface area is 162 Å². The predicted octanol–water partition coefficient (Wildman–Crippen LogP) is 2.59. The van der Waals surface area contributed by atoms with Crippen molar-refractivity contribution in [3.05, 3.63) is 59.7 Å². The van der Waals surface area contributed by atoms with Crippen LogP contribution in [0.5, 0.6) is 5.75 Å². The van der Waals surface area contributed by atoms with Gasteiger partial charge in [-0.3, -0.25) is 9.69 Å². The number of hydrogen-bond acceptors (Lipinski definition) is 4. The van der Waals surface area contributed by atoms with Gasteiger partial charge in [-0.25, -0.2) is 8.78 Å². The summed E-state index contributed by atoms with van der Waals surface area (Å²) in [5, 5.41) is 9.42. The van der Waals surface area contributed by atoms with Crippen molar-refractivity contribution in [2.45, 2.75) is 19.0 Å². The molecule has 1 amide bonds. The Kier molecular flexibility index (Phi) is 5.17. The van der Waals surface area contributed by atoms with E-state index in [4.69, 9.17) is 0 Å². The van der Waals surface area contributed by atoms with Gasteiger partial charge in [0.2, 0.25) is 5.91 Å². The minimum atomic E-state index is -0.883. The number of benzene rings is 2. The van der Waals surface area contributed by atoms with Crippen molar-refractivity contribution in [3.63, 3.8) is 0 Å². The van der Waals surface area contributed by atoms with Crippen LogP contribution in [0.25, 0.3) is 0 Å². The summed E-state index contributed by atoms with van der Waals surface area (Å²) in [6.45, 7) is 4.14. The van der Waals surface area contributed by atoms with Gasteiger partial charge in [0.25, 0.3) is 0 Å². The number of likely N-dealkylation sites (tertiary alicyclic amines) is 1. The minimum Gasteiger partial charge on any atom is -0.508 e. The number of piperazine rings is 1. The molecular weight excluding hydrogens is 364 g/mol. The van der Waals surface area contributed by atoms with E-state index in [2.05, 4.69) is 9.80 Å². The lowest BCUT2D eigenvalue weighted by Gasteiger charge is -2.38. The van der Waals surface area contributed by atoms with Crippen LogP contribution in [0.2, 0.25) is 0 Å². The highest BCUT2D eigenvalue weighted by molar-refractivity contribution is 5.84. The van der Waals surface area contributed by atoms with Crippen LogP contribution in [0.4, 0.5) is 14.5 Å². The number of phenols is 1. The summed E-state index contributed by atoms with van der Waals surface area (Å²) in [5.74, 6) is -1.45. The molecule has 2 heterocycles. The summed E-state index contributed by atoms with van der Waals surface area (Å²) in [6.07, 6.45) is 0.752. The normalized spacial score (nSPS) is 20.8. The van der Waals surface area contributed by atoms with Gasteiger partial charge < -0.3 is 14.9 Å². The first-order valence-electron chi connectivity index (χ1n) is 9.52. The molecule has 0 unspecified atom stereocenters. The number of anilines is 1. The molecule has 2 aliphatic rings. The Morgan fingerprint density at radius 3 is 2.32 bits per heavy atom. The van der Waals surface area contributed by atoms with Gasteiger partial charge in [0.05, 0.1) is 6.04 Å². The van der Waals surface area contributed by atoms with Gasteiger partial charge in [0.15, 0.2) is 11.6 Å². The van der Waals surface area contributed by atoms with Crippen LogP contribution in [-0.4, -0.2) is 59.6 Å². The molecule has 148 valence electrons. The highest BCUT2D eigenvalue weighted by Gasteiger charge is 2.37. The summed E-state index contributed by atoms with van der Waals surface area (Å²) >= 11 is 0. The quantitative estimate of drug-likeness (QED) is 0.876. The van der Waals surface area contributed by atoms with Crippen molar-refractivity contribution in [2.24, 2.45) is 0 Å². The van der Waals surface area contributed by atoms with E-state index in [1.54, 1.807) is 17.0 Å². The van der Waals surface area contributed by atoms with E-state index < -0.39 is 11.6 Å². The average Bonchev–Trinajstić information content (AvgIpc) is 3.06. The van der Waals surface area contributed by atoms with E-state index in [0.29, 0.717) is 18.7 Å². The van der Waals surface area contributed by atoms with Crippen molar-refractivity contribution in [3.8, 4) is 5.75 Å². The van der Waals surface area contributed by atoms with E-state index in [1.165, 1.54) is 6.07 Å². The highest BCUT2D eigenvalue weighted by atomic mass is 19.2. The maximum absolute atomic E-state index is 13.4. The molecule has 1 N–H and O–H groups in total. The molecule has 2 fully saturated rings. The topological polar surface area (TPSA) is 47.0 Å². The molecule has 0 aliphatic carbocycles. The van der Waals surface area contributed by atoms with Crippen LogP contribution < -0.4 is 4.90 Å². The second-order valence-corrected chi connectivity index (χ2v) is 7.35. The van der Waals surface area contributed by atoms with Crippen molar-refractivity contribution in [1.82, 2.24) is 9.80 Å². The van der Waals surface area contributed by atoms with E-state index in [1.807, 2.05) is 12.1 Å². The third-order valence-electron chi connectivity index (χ3n) is 5.60. The highest BCUT2D eigenvalue weighted by Crippen LogP contribution is 2.24. The lowest BCUT2D eigenvalue weighted by Crippen LogP contribution is -2.52. The molecule has 4 rings (SSSR count). The number of amides is 1. The molecule has 0 saturated carbocycles. The summed E-state index contributed by atoms with van der Waals surface area (Å²) in [5.41, 5.74) is 1.67. The summed E-state index contributed by atoms with van der Waals surface area (Å²) in [7, 11) is 0. The Hall–Kier alpha value is -2.67. The van der Waals surface area contributed by atoms with Gasteiger partial charge in [0, 0.05) is 45.0 Å². The zero-order chi connectivity index (χ0) is 19.7. The van der Waals surface area contributed by atoms with Gasteiger partial charge >= 0.3 is 0 Å². The molecule has 2 aromatic carbocycles. The van der Waals surface area contributed by atoms with Crippen molar-refractivity contribution in [2.75, 3.05) is 37.6 Å². The number of hydrogen-bond donors (Lipinski definition) is 1. The third kappa shape index (κ3) is 3.80. The van der Waals surface area contributed by atoms with Gasteiger partial charge in [0.1, 0.15) is 5.75 Å². The third-order valence-corrected chi connectivity index (χ3v) is 5.60. The maximum Gasteiger partial charge on any atom is 0.240 e. The first-order chi connectivity index (χ1) is 13.5. The molecule has 28 heavy (non-hydrogen) atoms. The zero-order valence-electron chi connectivity index (χ0n) is 15.5. The number of nitrogens with zero attached hydrogens (tertiary/aromatic N) is 3. The molecular formula is C21H23F2N3O2. The fourth-order valence-electron chi connectivity index (χ4n) is 4.03. The molecule has 5 nitrogen and oxygen atoms in total.